The highest BCUT2D eigenvalue weighted by Crippen LogP contribution is 2.45. The van der Waals surface area contributed by atoms with Gasteiger partial charge in [0.15, 0.2) is 0 Å². The first-order chi connectivity index (χ1) is 15.6. The van der Waals surface area contributed by atoms with Gasteiger partial charge in [0.1, 0.15) is 17.3 Å². The second-order valence-corrected chi connectivity index (χ2v) is 8.04. The van der Waals surface area contributed by atoms with E-state index in [0.717, 1.165) is 47.5 Å². The zero-order valence-corrected chi connectivity index (χ0v) is 18.4. The van der Waals surface area contributed by atoms with E-state index in [2.05, 4.69) is 28.1 Å². The maximum atomic E-state index is 13.6. The predicted molar refractivity (Wildman–Crippen MR) is 124 cm³/mol. The fourth-order valence-corrected chi connectivity index (χ4v) is 4.54. The fourth-order valence-electron chi connectivity index (χ4n) is 4.54. The third kappa shape index (κ3) is 4.15. The van der Waals surface area contributed by atoms with E-state index >= 15 is 0 Å². The van der Waals surface area contributed by atoms with Gasteiger partial charge in [-0.15, -0.1) is 0 Å². The van der Waals surface area contributed by atoms with E-state index in [1.54, 1.807) is 12.1 Å². The van der Waals surface area contributed by atoms with Crippen molar-refractivity contribution < 1.29 is 9.13 Å². The maximum absolute atomic E-state index is 13.6. The van der Waals surface area contributed by atoms with Crippen LogP contribution in [-0.4, -0.2) is 31.4 Å². The first-order valence-electron chi connectivity index (χ1n) is 10.7. The molecule has 0 amide bonds. The average molecular weight is 428 g/mol. The van der Waals surface area contributed by atoms with Crippen LogP contribution in [0.2, 0.25) is 0 Å². The Labute approximate surface area is 188 Å². The molecule has 0 saturated carbocycles. The number of hydrogen-bond acceptors (Lipinski definition) is 3. The van der Waals surface area contributed by atoms with Gasteiger partial charge in [-0.1, -0.05) is 48.5 Å². The minimum atomic E-state index is -0.659. The molecule has 1 heterocycles. The van der Waals surface area contributed by atoms with Crippen LogP contribution in [0.3, 0.4) is 0 Å². The van der Waals surface area contributed by atoms with Crippen molar-refractivity contribution in [3.05, 3.63) is 106 Å². The summed E-state index contributed by atoms with van der Waals surface area (Å²) in [6.07, 6.45) is 1.58. The van der Waals surface area contributed by atoms with Gasteiger partial charge in [-0.25, -0.2) is 4.39 Å². The highest BCUT2D eigenvalue weighted by Gasteiger charge is 2.41. The molecular formula is C27H26FN3O. The summed E-state index contributed by atoms with van der Waals surface area (Å²) in [4.78, 5) is 6.64. The molecule has 0 saturated heterocycles. The monoisotopic (exact) mass is 427 g/mol. The average Bonchev–Trinajstić information content (AvgIpc) is 3.19. The molecular weight excluding hydrogens is 401 g/mol. The lowest BCUT2D eigenvalue weighted by Crippen LogP contribution is -2.32. The van der Waals surface area contributed by atoms with E-state index in [9.17, 15) is 9.65 Å². The molecule has 0 radical (unpaired) electrons. The fraction of sp³-hybridized carbons (Fsp3) is 0.259. The summed E-state index contributed by atoms with van der Waals surface area (Å²) in [7, 11) is 3.85. The zero-order valence-electron chi connectivity index (χ0n) is 18.4. The molecule has 4 nitrogen and oxygen atoms in total. The van der Waals surface area contributed by atoms with Crippen LogP contribution < -0.4 is 0 Å². The molecule has 0 aromatic heterocycles. The Morgan fingerprint density at radius 2 is 1.88 bits per heavy atom. The van der Waals surface area contributed by atoms with Gasteiger partial charge in [-0.05, 0) is 53.8 Å². The van der Waals surface area contributed by atoms with Crippen molar-refractivity contribution in [3.8, 4) is 6.07 Å². The Balaban J connectivity index is 1.58. The first kappa shape index (κ1) is 21.7. The van der Waals surface area contributed by atoms with Crippen molar-refractivity contribution in [2.45, 2.75) is 25.0 Å². The number of amidine groups is 1. The molecule has 5 heteroatoms. The number of benzene rings is 3. The van der Waals surface area contributed by atoms with E-state index in [1.807, 2.05) is 50.5 Å². The lowest BCUT2D eigenvalue weighted by atomic mass is 9.81. The Kier molecular flexibility index (Phi) is 6.34. The van der Waals surface area contributed by atoms with Gasteiger partial charge >= 0.3 is 0 Å². The summed E-state index contributed by atoms with van der Waals surface area (Å²) >= 11 is 0. The Bertz CT molecular complexity index is 1150. The number of hydrogen-bond donors (Lipinski definition) is 0. The SMILES string of the molecule is C/N=C(\c1ccccc1)N(C)CCCC1(c2ccc(F)cc2)OCc2cc(C#N)ccc21. The van der Waals surface area contributed by atoms with Gasteiger partial charge in [0.2, 0.25) is 0 Å². The molecule has 0 N–H and O–H groups in total. The van der Waals surface area contributed by atoms with E-state index in [0.29, 0.717) is 12.2 Å². The van der Waals surface area contributed by atoms with E-state index in [1.165, 1.54) is 12.1 Å². The highest BCUT2D eigenvalue weighted by atomic mass is 19.1. The minimum absolute atomic E-state index is 0.270. The Morgan fingerprint density at radius 1 is 1.12 bits per heavy atom. The van der Waals surface area contributed by atoms with Crippen LogP contribution in [0.1, 0.15) is 40.7 Å². The molecule has 1 aliphatic heterocycles. The number of halogens is 1. The van der Waals surface area contributed by atoms with Crippen LogP contribution >= 0.6 is 0 Å². The molecule has 0 bridgehead atoms. The van der Waals surface area contributed by atoms with Gasteiger partial charge in [0, 0.05) is 26.2 Å². The molecule has 1 aliphatic rings. The first-order valence-corrected chi connectivity index (χ1v) is 10.7. The van der Waals surface area contributed by atoms with E-state index in [4.69, 9.17) is 4.74 Å². The molecule has 3 aromatic carbocycles. The molecule has 0 fully saturated rings. The standard InChI is InChI=1S/C27H26FN3O/c1-30-26(21-7-4-3-5-8-21)31(2)16-6-15-27(23-10-12-24(28)13-11-23)25-14-9-20(18-29)17-22(25)19-32-27/h3-5,7-14,17H,6,15-16,19H2,1-2H3/b30-26+. The number of rotatable bonds is 6. The smallest absolute Gasteiger partial charge is 0.130 e. The van der Waals surface area contributed by atoms with E-state index in [-0.39, 0.29) is 5.82 Å². The zero-order chi connectivity index (χ0) is 22.6. The summed E-state index contributed by atoms with van der Waals surface area (Å²) in [5.41, 5.74) is 4.04. The van der Waals surface area contributed by atoms with E-state index < -0.39 is 5.60 Å². The lowest BCUT2D eigenvalue weighted by molar-refractivity contribution is -0.0136. The Morgan fingerprint density at radius 3 is 2.56 bits per heavy atom. The summed E-state index contributed by atoms with van der Waals surface area (Å²) in [5, 5.41) is 9.27. The molecule has 162 valence electrons. The molecule has 3 aromatic rings. The van der Waals surface area contributed by atoms with Crippen molar-refractivity contribution in [3.63, 3.8) is 0 Å². The topological polar surface area (TPSA) is 48.6 Å². The van der Waals surface area contributed by atoms with Crippen LogP contribution in [0.4, 0.5) is 4.39 Å². The van der Waals surface area contributed by atoms with Crippen LogP contribution in [0.15, 0.2) is 77.8 Å². The second kappa shape index (κ2) is 9.33. The third-order valence-electron chi connectivity index (χ3n) is 6.08. The summed E-state index contributed by atoms with van der Waals surface area (Å²) in [5.74, 6) is 0.668. The van der Waals surface area contributed by atoms with Crippen LogP contribution in [-0.2, 0) is 16.9 Å². The van der Waals surface area contributed by atoms with Gasteiger partial charge in [-0.3, -0.25) is 4.99 Å². The lowest BCUT2D eigenvalue weighted by Gasteiger charge is -2.32. The second-order valence-electron chi connectivity index (χ2n) is 8.04. The van der Waals surface area contributed by atoms with Gasteiger partial charge < -0.3 is 9.64 Å². The molecule has 1 unspecified atom stereocenters. The van der Waals surface area contributed by atoms with Gasteiger partial charge in [0.25, 0.3) is 0 Å². The molecule has 0 aliphatic carbocycles. The van der Waals surface area contributed by atoms with Crippen molar-refractivity contribution in [2.24, 2.45) is 4.99 Å². The highest BCUT2D eigenvalue weighted by molar-refractivity contribution is 5.98. The van der Waals surface area contributed by atoms with Crippen LogP contribution in [0, 0.1) is 17.1 Å². The van der Waals surface area contributed by atoms with Crippen molar-refractivity contribution in [1.82, 2.24) is 4.90 Å². The normalized spacial score (nSPS) is 17.6. The van der Waals surface area contributed by atoms with Crippen molar-refractivity contribution in [1.29, 1.82) is 5.26 Å². The van der Waals surface area contributed by atoms with Crippen molar-refractivity contribution >= 4 is 5.84 Å². The molecule has 1 atom stereocenters. The molecule has 0 spiro atoms. The molecule has 32 heavy (non-hydrogen) atoms. The van der Waals surface area contributed by atoms with Crippen molar-refractivity contribution in [2.75, 3.05) is 20.6 Å². The maximum Gasteiger partial charge on any atom is 0.130 e. The van der Waals surface area contributed by atoms with Gasteiger partial charge in [0.05, 0.1) is 18.2 Å². The number of nitrogens with zero attached hydrogens (tertiary/aromatic N) is 3. The van der Waals surface area contributed by atoms with Gasteiger partial charge in [-0.2, -0.15) is 5.26 Å². The molecule has 4 rings (SSSR count). The Hall–Kier alpha value is -3.49. The number of ether oxygens (including phenoxy) is 1. The summed E-state index contributed by atoms with van der Waals surface area (Å²) < 4.78 is 20.1. The number of aliphatic imine (C=N–C) groups is 1. The predicted octanol–water partition coefficient (Wildman–Crippen LogP) is 5.26. The number of nitriles is 1. The quantitative estimate of drug-likeness (QED) is 0.398. The van der Waals surface area contributed by atoms with Crippen LogP contribution in [0.5, 0.6) is 0 Å². The minimum Gasteiger partial charge on any atom is -0.361 e. The summed E-state index contributed by atoms with van der Waals surface area (Å²) in [6, 6.07) is 24.6. The third-order valence-corrected chi connectivity index (χ3v) is 6.08. The largest absolute Gasteiger partial charge is 0.361 e. The summed E-state index contributed by atoms with van der Waals surface area (Å²) in [6.45, 7) is 1.23. The number of fused-ring (bicyclic) bond motifs is 1. The van der Waals surface area contributed by atoms with Crippen LogP contribution in [0.25, 0.3) is 0 Å².